The van der Waals surface area contributed by atoms with E-state index in [0.29, 0.717) is 23.7 Å². The largest absolute Gasteiger partial charge is 0.493 e. The van der Waals surface area contributed by atoms with Crippen LogP contribution in [0.5, 0.6) is 17.2 Å². The third-order valence-corrected chi connectivity index (χ3v) is 5.93. The van der Waals surface area contributed by atoms with Gasteiger partial charge in [0, 0.05) is 13.8 Å². The summed E-state index contributed by atoms with van der Waals surface area (Å²) in [6.45, 7) is 3.77. The Hall–Kier alpha value is -4.32. The van der Waals surface area contributed by atoms with Crippen LogP contribution in [0.15, 0.2) is 42.5 Å². The number of benzene rings is 2. The Morgan fingerprint density at radius 1 is 0.875 bits per heavy atom. The van der Waals surface area contributed by atoms with Gasteiger partial charge < -0.3 is 33.7 Å². The Kier molecular flexibility index (Phi) is 12.2. The Bertz CT molecular complexity index is 1150. The molecule has 2 aromatic rings. The van der Waals surface area contributed by atoms with Crippen LogP contribution in [0.2, 0.25) is 0 Å². The van der Waals surface area contributed by atoms with Crippen LogP contribution < -0.4 is 24.8 Å². The first-order valence-corrected chi connectivity index (χ1v) is 12.5. The minimum atomic E-state index is -1.18. The van der Waals surface area contributed by atoms with Crippen molar-refractivity contribution in [1.29, 1.82) is 0 Å². The molecule has 2 rings (SSSR count). The first-order valence-electron chi connectivity index (χ1n) is 12.5. The highest BCUT2D eigenvalue weighted by molar-refractivity contribution is 5.91. The number of carbonyl (C=O) groups excluding carboxylic acids is 4. The van der Waals surface area contributed by atoms with Gasteiger partial charge >= 0.3 is 17.9 Å². The van der Waals surface area contributed by atoms with Gasteiger partial charge in [0.1, 0.15) is 13.2 Å². The summed E-state index contributed by atoms with van der Waals surface area (Å²) < 4.78 is 31.8. The van der Waals surface area contributed by atoms with E-state index in [-0.39, 0.29) is 25.3 Å². The van der Waals surface area contributed by atoms with Crippen LogP contribution in [0, 0.1) is 0 Å². The van der Waals surface area contributed by atoms with Crippen molar-refractivity contribution in [1.82, 2.24) is 10.6 Å². The van der Waals surface area contributed by atoms with Gasteiger partial charge in [0.2, 0.25) is 17.9 Å². The predicted molar refractivity (Wildman–Crippen MR) is 143 cm³/mol. The molecule has 1 unspecified atom stereocenters. The van der Waals surface area contributed by atoms with E-state index in [0.717, 1.165) is 5.56 Å². The summed E-state index contributed by atoms with van der Waals surface area (Å²) in [7, 11) is 4.34. The summed E-state index contributed by atoms with van der Waals surface area (Å²) in [5, 5.41) is 5.45. The molecule has 0 bridgehead atoms. The summed E-state index contributed by atoms with van der Waals surface area (Å²) in [6.07, 6.45) is -0.741. The number of ether oxygens (including phenoxy) is 6. The topological polar surface area (TPSA) is 148 Å². The smallest absolute Gasteiger partial charge is 0.338 e. The Morgan fingerprint density at radius 3 is 1.95 bits per heavy atom. The normalized spacial score (nSPS) is 12.8. The number of methoxy groups -OCH3 is 3. The molecular weight excluding hydrogens is 524 g/mol. The lowest BCUT2D eigenvalue weighted by Crippen LogP contribution is -2.49. The average Bonchev–Trinajstić information content (AvgIpc) is 2.95. The van der Waals surface area contributed by atoms with Crippen LogP contribution >= 0.6 is 0 Å². The van der Waals surface area contributed by atoms with Crippen LogP contribution in [0.3, 0.4) is 0 Å². The second-order valence-corrected chi connectivity index (χ2v) is 8.60. The Balaban J connectivity index is 2.15. The van der Waals surface area contributed by atoms with E-state index in [1.807, 2.05) is 37.3 Å². The number of carbonyl (C=O) groups is 4. The number of amides is 1. The van der Waals surface area contributed by atoms with Crippen LogP contribution in [0.25, 0.3) is 0 Å². The molecule has 12 heteroatoms. The molecule has 40 heavy (non-hydrogen) atoms. The standard InChI is InChI=1S/C28H36N2O10/c1-7-28(21-11-9-8-10-12-21,30-16-25(33)40-19(3)39-24(32)15-29-18(2)31)17-38-27(34)20-13-22(35-4)26(37-6)23(14-20)36-5/h8-14,19,30H,7,15-17H2,1-6H3,(H,29,31)/t19?,28-/m1/s1. The number of nitrogens with one attached hydrogen (secondary N) is 2. The van der Waals surface area contributed by atoms with Gasteiger partial charge in [-0.3, -0.25) is 19.7 Å². The summed E-state index contributed by atoms with van der Waals surface area (Å²) >= 11 is 0. The summed E-state index contributed by atoms with van der Waals surface area (Å²) in [5.41, 5.74) is 0.00157. The fraction of sp³-hybridized carbons (Fsp3) is 0.429. The quantitative estimate of drug-likeness (QED) is 0.244. The lowest BCUT2D eigenvalue weighted by atomic mass is 9.88. The molecule has 2 aromatic carbocycles. The van der Waals surface area contributed by atoms with Crippen LogP contribution in [0.1, 0.15) is 43.1 Å². The van der Waals surface area contributed by atoms with Gasteiger partial charge in [0.15, 0.2) is 11.5 Å². The lowest BCUT2D eigenvalue weighted by Gasteiger charge is -2.34. The molecule has 0 saturated carbocycles. The van der Waals surface area contributed by atoms with E-state index >= 15 is 0 Å². The van der Waals surface area contributed by atoms with Crippen molar-refractivity contribution in [3.63, 3.8) is 0 Å². The van der Waals surface area contributed by atoms with Gasteiger partial charge in [-0.2, -0.15) is 0 Å². The highest BCUT2D eigenvalue weighted by Gasteiger charge is 2.33. The fourth-order valence-corrected chi connectivity index (χ4v) is 3.81. The number of hydrogen-bond donors (Lipinski definition) is 2. The summed E-state index contributed by atoms with van der Waals surface area (Å²) in [5.74, 6) is -1.56. The van der Waals surface area contributed by atoms with E-state index in [1.165, 1.54) is 47.3 Å². The summed E-state index contributed by atoms with van der Waals surface area (Å²) in [4.78, 5) is 48.3. The maximum Gasteiger partial charge on any atom is 0.338 e. The van der Waals surface area contributed by atoms with E-state index in [1.54, 1.807) is 0 Å². The molecule has 0 aromatic heterocycles. The van der Waals surface area contributed by atoms with E-state index in [2.05, 4.69) is 10.6 Å². The number of esters is 3. The minimum absolute atomic E-state index is 0.127. The Morgan fingerprint density at radius 2 is 1.45 bits per heavy atom. The zero-order valence-corrected chi connectivity index (χ0v) is 23.5. The van der Waals surface area contributed by atoms with Crippen molar-refractivity contribution in [3.05, 3.63) is 53.6 Å². The molecule has 2 N–H and O–H groups in total. The number of hydrogen-bond acceptors (Lipinski definition) is 11. The van der Waals surface area contributed by atoms with Crippen molar-refractivity contribution < 1.29 is 47.6 Å². The van der Waals surface area contributed by atoms with E-state index in [4.69, 9.17) is 28.4 Å². The van der Waals surface area contributed by atoms with Gasteiger partial charge in [-0.15, -0.1) is 0 Å². The minimum Gasteiger partial charge on any atom is -0.493 e. The molecule has 0 aliphatic rings. The van der Waals surface area contributed by atoms with E-state index in [9.17, 15) is 19.2 Å². The zero-order chi connectivity index (χ0) is 29.7. The van der Waals surface area contributed by atoms with Crippen LogP contribution in [-0.4, -0.2) is 71.1 Å². The second kappa shape index (κ2) is 15.3. The maximum absolute atomic E-state index is 13.1. The van der Waals surface area contributed by atoms with Crippen molar-refractivity contribution in [2.75, 3.05) is 41.0 Å². The molecule has 0 fully saturated rings. The predicted octanol–water partition coefficient (Wildman–Crippen LogP) is 2.33. The highest BCUT2D eigenvalue weighted by atomic mass is 16.7. The lowest BCUT2D eigenvalue weighted by molar-refractivity contribution is -0.183. The van der Waals surface area contributed by atoms with Crippen LogP contribution in [0.4, 0.5) is 0 Å². The van der Waals surface area contributed by atoms with Gasteiger partial charge in [0.05, 0.1) is 39.0 Å². The molecule has 2 atom stereocenters. The van der Waals surface area contributed by atoms with Gasteiger partial charge in [-0.1, -0.05) is 37.3 Å². The molecular formula is C28H36N2O10. The molecule has 0 spiro atoms. The highest BCUT2D eigenvalue weighted by Crippen LogP contribution is 2.38. The van der Waals surface area contributed by atoms with Crippen molar-refractivity contribution in [2.24, 2.45) is 0 Å². The molecule has 0 saturated heterocycles. The fourth-order valence-electron chi connectivity index (χ4n) is 3.81. The monoisotopic (exact) mass is 560 g/mol. The molecule has 0 radical (unpaired) electrons. The molecule has 12 nitrogen and oxygen atoms in total. The SMILES string of the molecule is CC[C@](COC(=O)c1cc(OC)c(OC)c(OC)c1)(NCC(=O)OC(C)OC(=O)CNC(C)=O)c1ccccc1. The van der Waals surface area contributed by atoms with Crippen molar-refractivity contribution in [2.45, 2.75) is 39.0 Å². The zero-order valence-electron chi connectivity index (χ0n) is 23.5. The Labute approximate surface area is 233 Å². The van der Waals surface area contributed by atoms with Crippen molar-refractivity contribution in [3.8, 4) is 17.2 Å². The first kappa shape index (κ1) is 31.9. The third-order valence-electron chi connectivity index (χ3n) is 5.93. The van der Waals surface area contributed by atoms with Gasteiger partial charge in [-0.25, -0.2) is 4.79 Å². The van der Waals surface area contributed by atoms with Crippen molar-refractivity contribution >= 4 is 23.8 Å². The molecule has 1 amide bonds. The van der Waals surface area contributed by atoms with E-state index < -0.39 is 35.6 Å². The molecule has 0 aliphatic heterocycles. The third kappa shape index (κ3) is 8.87. The molecule has 218 valence electrons. The second-order valence-electron chi connectivity index (χ2n) is 8.60. The first-order chi connectivity index (χ1) is 19.1. The summed E-state index contributed by atoms with van der Waals surface area (Å²) in [6, 6.07) is 12.2. The van der Waals surface area contributed by atoms with Gasteiger partial charge in [-0.05, 0) is 24.1 Å². The van der Waals surface area contributed by atoms with Crippen LogP contribution in [-0.2, 0) is 34.1 Å². The number of rotatable bonds is 15. The molecule has 0 heterocycles. The van der Waals surface area contributed by atoms with Gasteiger partial charge in [0.25, 0.3) is 0 Å². The maximum atomic E-state index is 13.1. The molecule has 0 aliphatic carbocycles. The average molecular weight is 561 g/mol.